The molecule has 8 heteroatoms. The largest absolute Gasteiger partial charge is 0.458 e. The molecule has 0 radical (unpaired) electrons. The van der Waals surface area contributed by atoms with Crippen LogP contribution in [0.2, 0.25) is 0 Å². The number of allylic oxidation sites excluding steroid dienone is 3. The van der Waals surface area contributed by atoms with Crippen LogP contribution < -0.4 is 0 Å². The molecule has 3 rings (SSSR count). The van der Waals surface area contributed by atoms with Crippen molar-refractivity contribution in [2.75, 3.05) is 0 Å². The number of carbonyl (C=O) groups excluding carboxylic acids is 3. The molecule has 1 saturated carbocycles. The Morgan fingerprint density at radius 3 is 2.36 bits per heavy atom. The van der Waals surface area contributed by atoms with E-state index < -0.39 is 47.6 Å². The summed E-state index contributed by atoms with van der Waals surface area (Å²) in [5.74, 6) is -2.08. The van der Waals surface area contributed by atoms with Crippen LogP contribution in [0.25, 0.3) is 0 Å². The van der Waals surface area contributed by atoms with Gasteiger partial charge in [-0.3, -0.25) is 19.1 Å². The molecule has 1 N–H and O–H groups in total. The van der Waals surface area contributed by atoms with Crippen molar-refractivity contribution in [2.45, 2.75) is 92.5 Å². The summed E-state index contributed by atoms with van der Waals surface area (Å²) in [5.41, 5.74) is -0.0611. The molecule has 1 aliphatic heterocycles. The molecule has 3 aliphatic rings. The van der Waals surface area contributed by atoms with Crippen LogP contribution >= 0.6 is 0 Å². The van der Waals surface area contributed by atoms with Gasteiger partial charge < -0.3 is 19.3 Å². The predicted molar refractivity (Wildman–Crippen MR) is 132 cm³/mol. The van der Waals surface area contributed by atoms with Crippen molar-refractivity contribution in [3.05, 3.63) is 36.0 Å². The van der Waals surface area contributed by atoms with E-state index in [9.17, 15) is 19.5 Å². The molecule has 200 valence electrons. The number of esters is 3. The van der Waals surface area contributed by atoms with E-state index in [1.807, 2.05) is 6.92 Å². The Bertz CT molecular complexity index is 965. The third-order valence-corrected chi connectivity index (χ3v) is 8.32. The molecule has 0 amide bonds. The molecule has 0 unspecified atom stereocenters. The van der Waals surface area contributed by atoms with Gasteiger partial charge in [0.1, 0.15) is 6.10 Å². The first-order valence-electron chi connectivity index (χ1n) is 12.7. The highest BCUT2D eigenvalue weighted by atomic mass is 16.8. The number of carbonyl (C=O) groups is 3. The van der Waals surface area contributed by atoms with Crippen LogP contribution in [0.5, 0.6) is 0 Å². The van der Waals surface area contributed by atoms with Crippen molar-refractivity contribution in [3.63, 3.8) is 0 Å². The van der Waals surface area contributed by atoms with Gasteiger partial charge in [-0.1, -0.05) is 52.0 Å². The van der Waals surface area contributed by atoms with E-state index in [-0.39, 0.29) is 23.7 Å². The molecule has 8 atom stereocenters. The molecule has 2 fully saturated rings. The Kier molecular flexibility index (Phi) is 8.20. The molecule has 0 aromatic rings. The van der Waals surface area contributed by atoms with E-state index in [4.69, 9.17) is 18.9 Å². The van der Waals surface area contributed by atoms with Crippen LogP contribution in [-0.4, -0.2) is 47.8 Å². The van der Waals surface area contributed by atoms with Gasteiger partial charge in [0, 0.05) is 19.4 Å². The summed E-state index contributed by atoms with van der Waals surface area (Å²) in [7, 11) is 0. The number of hydrogen-bond donors (Lipinski definition) is 1. The van der Waals surface area contributed by atoms with Gasteiger partial charge in [-0.05, 0) is 49.5 Å². The Labute approximate surface area is 213 Å². The topological polar surface area (TPSA) is 108 Å². The van der Waals surface area contributed by atoms with Crippen LogP contribution in [0.4, 0.5) is 0 Å². The van der Waals surface area contributed by atoms with Crippen molar-refractivity contribution in [2.24, 2.45) is 28.6 Å². The molecule has 1 heterocycles. The summed E-state index contributed by atoms with van der Waals surface area (Å²) in [5, 5.41) is 11.7. The first-order valence-corrected chi connectivity index (χ1v) is 12.7. The monoisotopic (exact) mass is 504 g/mol. The quantitative estimate of drug-likeness (QED) is 0.238. The first kappa shape index (κ1) is 28.1. The first-order chi connectivity index (χ1) is 16.8. The second kappa shape index (κ2) is 10.5. The lowest BCUT2D eigenvalue weighted by molar-refractivity contribution is -0.254. The minimum absolute atomic E-state index is 0.0727. The van der Waals surface area contributed by atoms with E-state index in [0.717, 1.165) is 5.57 Å². The third-order valence-electron chi connectivity index (χ3n) is 8.32. The highest BCUT2D eigenvalue weighted by Gasteiger charge is 2.71. The highest BCUT2D eigenvalue weighted by molar-refractivity contribution is 5.72. The van der Waals surface area contributed by atoms with E-state index in [2.05, 4.69) is 26.5 Å². The highest BCUT2D eigenvalue weighted by Crippen LogP contribution is 2.67. The SMILES string of the molecule is C=C/C(C)=C/C[C@]1(C)[C@H](C)C[C@H](O)[C@@]23C(=C[C@@H](OC(=O)C(C)C)C[C@@H]12)[C@@H](OC(C)=O)O[C@H]3OC(C)=O. The maximum absolute atomic E-state index is 12.6. The fourth-order valence-corrected chi connectivity index (χ4v) is 6.15. The zero-order valence-corrected chi connectivity index (χ0v) is 22.4. The van der Waals surface area contributed by atoms with Crippen molar-refractivity contribution >= 4 is 17.9 Å². The normalized spacial score (nSPS) is 37.9. The fourth-order valence-electron chi connectivity index (χ4n) is 6.15. The van der Waals surface area contributed by atoms with Gasteiger partial charge in [0.15, 0.2) is 0 Å². The van der Waals surface area contributed by atoms with Crippen LogP contribution in [0, 0.1) is 28.6 Å². The molecule has 36 heavy (non-hydrogen) atoms. The van der Waals surface area contributed by atoms with Gasteiger partial charge in [0.05, 0.1) is 17.4 Å². The van der Waals surface area contributed by atoms with E-state index >= 15 is 0 Å². The standard InChI is InChI=1S/C28H40O8/c1-9-16(4)10-11-27(8)17(5)12-23(31)28-21(13-20(14-22(27)28)35-24(32)15(2)3)25(33-18(6)29)36-26(28)34-19(7)30/h9-10,13,15,17,20,22-23,25-26,31H,1,11-12,14H2,2-8H3/b16-10+/t17-,20-,22+,23+,25+,26-,27-,28-/m1/s1. The van der Waals surface area contributed by atoms with Gasteiger partial charge in [-0.25, -0.2) is 0 Å². The van der Waals surface area contributed by atoms with Crippen molar-refractivity contribution in [1.29, 1.82) is 0 Å². The molecule has 0 bridgehead atoms. The average Bonchev–Trinajstić information content (AvgIpc) is 3.07. The van der Waals surface area contributed by atoms with E-state index in [1.165, 1.54) is 13.8 Å². The Hall–Kier alpha value is -2.45. The summed E-state index contributed by atoms with van der Waals surface area (Å²) in [6.07, 6.45) is 3.22. The second-order valence-corrected chi connectivity index (χ2v) is 11.0. The molecule has 8 nitrogen and oxygen atoms in total. The molecule has 1 spiro atoms. The van der Waals surface area contributed by atoms with E-state index in [0.29, 0.717) is 24.8 Å². The van der Waals surface area contributed by atoms with Crippen LogP contribution in [0.1, 0.15) is 67.7 Å². The number of aliphatic hydroxyl groups excluding tert-OH is 1. The minimum Gasteiger partial charge on any atom is -0.458 e. The van der Waals surface area contributed by atoms with Gasteiger partial charge in [0.2, 0.25) is 12.6 Å². The molecule has 2 aliphatic carbocycles. The van der Waals surface area contributed by atoms with Gasteiger partial charge >= 0.3 is 17.9 Å². The lowest BCUT2D eigenvalue weighted by Gasteiger charge is -2.60. The van der Waals surface area contributed by atoms with Crippen molar-refractivity contribution in [3.8, 4) is 0 Å². The fraction of sp³-hybridized carbons (Fsp3) is 0.679. The summed E-state index contributed by atoms with van der Waals surface area (Å²) < 4.78 is 23.1. The minimum atomic E-state index is -1.17. The number of aliphatic hydroxyl groups is 1. The zero-order valence-electron chi connectivity index (χ0n) is 22.4. The summed E-state index contributed by atoms with van der Waals surface area (Å²) >= 11 is 0. The summed E-state index contributed by atoms with van der Waals surface area (Å²) in [6.45, 7) is 16.1. The van der Waals surface area contributed by atoms with Crippen LogP contribution in [0.3, 0.4) is 0 Å². The lowest BCUT2D eigenvalue weighted by Crippen LogP contribution is -2.63. The van der Waals surface area contributed by atoms with Gasteiger partial charge in [-0.2, -0.15) is 0 Å². The Balaban J connectivity index is 2.23. The predicted octanol–water partition coefficient (Wildman–Crippen LogP) is 4.22. The number of hydrogen-bond acceptors (Lipinski definition) is 8. The van der Waals surface area contributed by atoms with Crippen LogP contribution in [0.15, 0.2) is 36.0 Å². The van der Waals surface area contributed by atoms with E-state index in [1.54, 1.807) is 26.0 Å². The smallest absolute Gasteiger partial charge is 0.308 e. The average molecular weight is 505 g/mol. The number of ether oxygens (including phenoxy) is 4. The Morgan fingerprint density at radius 1 is 1.17 bits per heavy atom. The summed E-state index contributed by atoms with van der Waals surface area (Å²) in [6, 6.07) is 0. The second-order valence-electron chi connectivity index (χ2n) is 11.0. The van der Waals surface area contributed by atoms with Gasteiger partial charge in [0.25, 0.3) is 0 Å². The number of rotatable bonds is 7. The molecule has 1 saturated heterocycles. The molecular weight excluding hydrogens is 464 g/mol. The van der Waals surface area contributed by atoms with Crippen molar-refractivity contribution < 1.29 is 38.4 Å². The summed E-state index contributed by atoms with van der Waals surface area (Å²) in [4.78, 5) is 36.7. The molecule has 0 aromatic heterocycles. The molecule has 0 aromatic carbocycles. The molecular formula is C28H40O8. The van der Waals surface area contributed by atoms with Crippen molar-refractivity contribution in [1.82, 2.24) is 0 Å². The third kappa shape index (κ3) is 4.90. The van der Waals surface area contributed by atoms with Gasteiger partial charge in [-0.15, -0.1) is 0 Å². The maximum Gasteiger partial charge on any atom is 0.308 e. The zero-order chi connectivity index (χ0) is 27.0. The Morgan fingerprint density at radius 2 is 1.81 bits per heavy atom. The van der Waals surface area contributed by atoms with Crippen LogP contribution in [-0.2, 0) is 33.3 Å². The lowest BCUT2D eigenvalue weighted by atomic mass is 9.45. The maximum atomic E-state index is 12.6.